The van der Waals surface area contributed by atoms with Crippen LogP contribution in [0.1, 0.15) is 88.0 Å². The van der Waals surface area contributed by atoms with Crippen molar-refractivity contribution in [3.63, 3.8) is 0 Å². The summed E-state index contributed by atoms with van der Waals surface area (Å²) in [4.78, 5) is 0. The van der Waals surface area contributed by atoms with Crippen LogP contribution in [-0.2, 0) is 0 Å². The fourth-order valence-corrected chi connectivity index (χ4v) is 23.3. The van der Waals surface area contributed by atoms with Crippen molar-refractivity contribution in [2.75, 3.05) is 0 Å². The molecule has 14 saturated carbocycles. The average Bonchev–Trinajstić information content (AvgIpc) is 3.34. The van der Waals surface area contributed by atoms with Crippen molar-refractivity contribution in [3.8, 4) is 0 Å². The molecule has 14 bridgehead atoms. The Kier molecular flexibility index (Phi) is 1.73. The Hall–Kier alpha value is 0. The van der Waals surface area contributed by atoms with Crippen LogP contribution in [0.5, 0.6) is 0 Å². The number of hydrogen-bond donors (Lipinski definition) is 0. The molecule has 3 spiro atoms. The van der Waals surface area contributed by atoms with Crippen LogP contribution in [-0.4, -0.2) is 0 Å². The second-order valence-corrected chi connectivity index (χ2v) is 18.8. The first-order chi connectivity index (χ1) is 15.3. The van der Waals surface area contributed by atoms with Crippen LogP contribution in [0.2, 0.25) is 0 Å². The van der Waals surface area contributed by atoms with Crippen LogP contribution in [0, 0.1) is 113 Å². The van der Waals surface area contributed by atoms with E-state index in [4.69, 9.17) is 0 Å². The Morgan fingerprint density at radius 3 is 2.06 bits per heavy atom. The van der Waals surface area contributed by atoms with Gasteiger partial charge in [0, 0.05) is 0 Å². The first kappa shape index (κ1) is 17.5. The van der Waals surface area contributed by atoms with Gasteiger partial charge in [-0.15, -0.1) is 0 Å². The Morgan fingerprint density at radius 2 is 1.33 bits per heavy atom. The van der Waals surface area contributed by atoms with Gasteiger partial charge in [-0.25, -0.2) is 0 Å². The lowest BCUT2D eigenvalue weighted by Gasteiger charge is -2.97. The Morgan fingerprint density at radius 1 is 0.606 bits per heavy atom. The molecule has 14 aliphatic rings. The third-order valence-corrected chi connectivity index (χ3v) is 22.7. The first-order valence-electron chi connectivity index (χ1n) is 15.3. The SMILES string of the molecule is CC1C2C34CC5C6C7C8C9C%10%11CC1(C)C%10(C)C9(C)C1(C)C7(C)C(C)(C5(C)C3C)C6(C4)C81CC2%11. The highest BCUT2D eigenvalue weighted by Crippen LogP contribution is 3.22. The van der Waals surface area contributed by atoms with Crippen molar-refractivity contribution in [1.29, 1.82) is 0 Å². The molecule has 20 atom stereocenters. The predicted octanol–water partition coefficient (Wildman–Crippen LogP) is 7.29. The molecule has 20 unspecified atom stereocenters. The quantitative estimate of drug-likeness (QED) is 0.402. The monoisotopic (exact) mass is 440 g/mol. The third-order valence-electron chi connectivity index (χ3n) is 22.7. The van der Waals surface area contributed by atoms with E-state index in [1.54, 1.807) is 25.7 Å². The molecular formula is C33H44. The molecule has 0 heteroatoms. The molecule has 0 heterocycles. The average molecular weight is 441 g/mol. The maximum absolute atomic E-state index is 3.02. The van der Waals surface area contributed by atoms with E-state index in [1.807, 2.05) is 0 Å². The van der Waals surface area contributed by atoms with Gasteiger partial charge >= 0.3 is 0 Å². The summed E-state index contributed by atoms with van der Waals surface area (Å²) in [5.41, 5.74) is 7.11. The maximum Gasteiger partial charge on any atom is -0.0128 e. The lowest BCUT2D eigenvalue weighted by atomic mass is 9.07. The summed E-state index contributed by atoms with van der Waals surface area (Å²) in [6.07, 6.45) is 6.69. The van der Waals surface area contributed by atoms with Crippen molar-refractivity contribution in [2.24, 2.45) is 113 Å². The minimum Gasteiger partial charge on any atom is -0.0617 e. The van der Waals surface area contributed by atoms with E-state index in [9.17, 15) is 0 Å². The lowest BCUT2D eigenvalue weighted by Crippen LogP contribution is -2.93. The van der Waals surface area contributed by atoms with Gasteiger partial charge < -0.3 is 0 Å². The Balaban J connectivity index is 1.39. The van der Waals surface area contributed by atoms with Crippen molar-refractivity contribution in [2.45, 2.75) is 88.0 Å². The molecule has 0 N–H and O–H groups in total. The predicted molar refractivity (Wildman–Crippen MR) is 128 cm³/mol. The molecular weight excluding hydrogens is 396 g/mol. The number of hydrogen-bond acceptors (Lipinski definition) is 0. The van der Waals surface area contributed by atoms with Gasteiger partial charge in [0.2, 0.25) is 0 Å². The van der Waals surface area contributed by atoms with E-state index in [0.29, 0.717) is 43.3 Å². The van der Waals surface area contributed by atoms with Gasteiger partial charge in [-0.3, -0.25) is 0 Å². The third kappa shape index (κ3) is 0.706. The van der Waals surface area contributed by atoms with E-state index in [0.717, 1.165) is 69.5 Å². The Labute approximate surface area is 200 Å². The molecule has 0 saturated heterocycles. The van der Waals surface area contributed by atoms with Crippen molar-refractivity contribution in [3.05, 3.63) is 0 Å². The summed E-state index contributed by atoms with van der Waals surface area (Å²) in [5, 5.41) is 0. The van der Waals surface area contributed by atoms with Gasteiger partial charge in [0.05, 0.1) is 0 Å². The summed E-state index contributed by atoms with van der Waals surface area (Å²) < 4.78 is 0. The molecule has 0 aromatic rings. The Bertz CT molecular complexity index is 1280. The smallest absolute Gasteiger partial charge is 0.0128 e. The summed E-state index contributed by atoms with van der Waals surface area (Å²) in [7, 11) is 0. The van der Waals surface area contributed by atoms with Crippen molar-refractivity contribution < 1.29 is 0 Å². The van der Waals surface area contributed by atoms with Crippen molar-refractivity contribution in [1.82, 2.24) is 0 Å². The van der Waals surface area contributed by atoms with Crippen LogP contribution in [0.4, 0.5) is 0 Å². The summed E-state index contributed by atoms with van der Waals surface area (Å²) >= 11 is 0. The molecule has 176 valence electrons. The van der Waals surface area contributed by atoms with Crippen LogP contribution in [0.15, 0.2) is 0 Å². The molecule has 33 heavy (non-hydrogen) atoms. The van der Waals surface area contributed by atoms with Gasteiger partial charge in [0.15, 0.2) is 0 Å². The van der Waals surface area contributed by atoms with E-state index in [2.05, 4.69) is 62.3 Å². The minimum absolute atomic E-state index is 0.589. The van der Waals surface area contributed by atoms with Crippen LogP contribution < -0.4 is 0 Å². The molecule has 0 amide bonds. The highest BCUT2D eigenvalue weighted by atomic mass is 15.2. The van der Waals surface area contributed by atoms with Crippen molar-refractivity contribution >= 4 is 0 Å². The standard InChI is InChI=1S/C33H44/c1-14-18-17-11-32-21-20-19-16-10-30(18)13-33(19,32)28(8,24(16,4)15(30)2)25(20,5)29(32,9)26(6)22(21)31(17)12-23(14,3)27(26,31)7/h14-22H,10-13H2,1-9H3. The molecule has 14 fully saturated rings. The zero-order chi connectivity index (χ0) is 22.5. The fraction of sp³-hybridized carbons (Fsp3) is 1.00. The topological polar surface area (TPSA) is 0 Å². The van der Waals surface area contributed by atoms with Crippen LogP contribution in [0.3, 0.4) is 0 Å². The molecule has 0 radical (unpaired) electrons. The minimum atomic E-state index is 0.589. The van der Waals surface area contributed by atoms with Gasteiger partial charge in [0.1, 0.15) is 0 Å². The van der Waals surface area contributed by atoms with Crippen LogP contribution in [0.25, 0.3) is 0 Å². The molecule has 0 aromatic carbocycles. The van der Waals surface area contributed by atoms with Crippen LogP contribution >= 0.6 is 0 Å². The van der Waals surface area contributed by atoms with Gasteiger partial charge in [0.25, 0.3) is 0 Å². The summed E-state index contributed by atoms with van der Waals surface area (Å²) in [6.45, 7) is 26.3. The molecule has 0 nitrogen and oxygen atoms in total. The second kappa shape index (κ2) is 3.27. The van der Waals surface area contributed by atoms with E-state index >= 15 is 0 Å². The molecule has 0 aliphatic heterocycles. The largest absolute Gasteiger partial charge is 0.0617 e. The molecule has 0 aromatic heterocycles. The summed E-state index contributed by atoms with van der Waals surface area (Å²) in [5.74, 6) is 9.62. The normalized spacial score (nSPS) is 97.2. The van der Waals surface area contributed by atoms with E-state index in [-0.39, 0.29) is 0 Å². The highest BCUT2D eigenvalue weighted by Gasteiger charge is 3.18. The lowest BCUT2D eigenvalue weighted by molar-refractivity contribution is -0.501. The first-order valence-corrected chi connectivity index (χ1v) is 15.3. The van der Waals surface area contributed by atoms with E-state index < -0.39 is 0 Å². The highest BCUT2D eigenvalue weighted by molar-refractivity contribution is 5.64. The van der Waals surface area contributed by atoms with E-state index in [1.165, 1.54) is 0 Å². The summed E-state index contributed by atoms with van der Waals surface area (Å²) in [6, 6.07) is 0. The fourth-order valence-electron chi connectivity index (χ4n) is 23.3. The number of rotatable bonds is 1. The zero-order valence-corrected chi connectivity index (χ0v) is 22.5. The maximum atomic E-state index is 3.02. The van der Waals surface area contributed by atoms with Gasteiger partial charge in [-0.05, 0) is 139 Å². The number of fused-ring (bicyclic) bond motifs is 1. The molecule has 14 rings (SSSR count). The second-order valence-electron chi connectivity index (χ2n) is 18.8. The van der Waals surface area contributed by atoms with Gasteiger partial charge in [-0.1, -0.05) is 62.3 Å². The molecule has 14 aliphatic carbocycles. The van der Waals surface area contributed by atoms with Gasteiger partial charge in [-0.2, -0.15) is 0 Å². The zero-order valence-electron chi connectivity index (χ0n) is 22.5.